The van der Waals surface area contributed by atoms with E-state index in [0.29, 0.717) is 37.3 Å². The molecule has 164 valence electrons. The van der Waals surface area contributed by atoms with Crippen molar-refractivity contribution in [2.75, 3.05) is 5.32 Å². The van der Waals surface area contributed by atoms with E-state index < -0.39 is 5.82 Å². The standard InChI is InChI=1S/C25H29FN2O3/c1-25(2)10-21-24(23(30)11-25)18-13-31-14-22(18)28(21)16-8-19(26)17(12-29)20(9-16)27-15-6-4-3-5-7-15/h8-9,12,15,27H,3-7,10-11,13-14H2,1-2H3. The highest BCUT2D eigenvalue weighted by Crippen LogP contribution is 2.42. The van der Waals surface area contributed by atoms with Gasteiger partial charge in [-0.1, -0.05) is 33.1 Å². The van der Waals surface area contributed by atoms with Crippen LogP contribution in [0.25, 0.3) is 5.69 Å². The molecule has 2 aliphatic carbocycles. The Morgan fingerprint density at radius 3 is 2.65 bits per heavy atom. The molecule has 0 atom stereocenters. The first-order chi connectivity index (χ1) is 14.9. The number of halogens is 1. The van der Waals surface area contributed by atoms with E-state index in [9.17, 15) is 9.59 Å². The van der Waals surface area contributed by atoms with Gasteiger partial charge in [0.1, 0.15) is 5.82 Å². The zero-order valence-electron chi connectivity index (χ0n) is 18.2. The van der Waals surface area contributed by atoms with E-state index in [2.05, 4.69) is 19.2 Å². The van der Waals surface area contributed by atoms with Crippen LogP contribution in [0.15, 0.2) is 12.1 Å². The number of hydrogen-bond donors (Lipinski definition) is 1. The number of rotatable bonds is 4. The summed E-state index contributed by atoms with van der Waals surface area (Å²) in [7, 11) is 0. The lowest BCUT2D eigenvalue weighted by atomic mass is 9.75. The third-order valence-corrected chi connectivity index (χ3v) is 6.98. The Hall–Kier alpha value is -2.47. The molecule has 0 radical (unpaired) electrons. The number of carbonyl (C=O) groups is 2. The fraction of sp³-hybridized carbons (Fsp3) is 0.520. The second kappa shape index (κ2) is 7.59. The maximum atomic E-state index is 15.1. The first kappa shape index (κ1) is 20.4. The minimum absolute atomic E-state index is 0.0691. The van der Waals surface area contributed by atoms with Crippen LogP contribution >= 0.6 is 0 Å². The molecule has 1 N–H and O–H groups in total. The smallest absolute Gasteiger partial charge is 0.165 e. The van der Waals surface area contributed by atoms with Gasteiger partial charge < -0.3 is 14.6 Å². The lowest BCUT2D eigenvalue weighted by Gasteiger charge is -2.30. The summed E-state index contributed by atoms with van der Waals surface area (Å²) < 4.78 is 22.8. The SMILES string of the molecule is CC1(C)CC(=O)c2c3c(n(-c4cc(F)c(C=O)c(NC5CCCCC5)c4)c2C1)COC3. The monoisotopic (exact) mass is 424 g/mol. The molecule has 6 heteroatoms. The van der Waals surface area contributed by atoms with E-state index in [-0.39, 0.29) is 22.8 Å². The number of carbonyl (C=O) groups excluding carboxylic acids is 2. The fourth-order valence-corrected chi connectivity index (χ4v) is 5.57. The molecule has 1 fully saturated rings. The van der Waals surface area contributed by atoms with Crippen molar-refractivity contribution in [3.05, 3.63) is 46.0 Å². The van der Waals surface area contributed by atoms with E-state index in [1.54, 1.807) is 0 Å². The molecule has 1 aromatic heterocycles. The van der Waals surface area contributed by atoms with Gasteiger partial charge in [-0.05, 0) is 36.8 Å². The van der Waals surface area contributed by atoms with Gasteiger partial charge >= 0.3 is 0 Å². The molecule has 1 aromatic carbocycles. The number of aromatic nitrogens is 1. The number of Topliss-reactive ketones (excluding diaryl/α,β-unsaturated/α-hetero) is 1. The van der Waals surface area contributed by atoms with Gasteiger partial charge in [-0.2, -0.15) is 0 Å². The van der Waals surface area contributed by atoms with Gasteiger partial charge in [0.05, 0.1) is 30.2 Å². The molecule has 2 aromatic rings. The van der Waals surface area contributed by atoms with Crippen LogP contribution in [0, 0.1) is 11.2 Å². The topological polar surface area (TPSA) is 60.3 Å². The predicted octanol–water partition coefficient (Wildman–Crippen LogP) is 5.36. The lowest BCUT2D eigenvalue weighted by molar-refractivity contribution is 0.0900. The van der Waals surface area contributed by atoms with E-state index in [1.807, 2.05) is 10.6 Å². The summed E-state index contributed by atoms with van der Waals surface area (Å²) >= 11 is 0. The number of ether oxygens (including phenoxy) is 1. The number of nitrogens with zero attached hydrogens (tertiary/aromatic N) is 1. The normalized spacial score (nSPS) is 20.4. The van der Waals surface area contributed by atoms with Crippen LogP contribution in [0.4, 0.5) is 10.1 Å². The molecule has 0 amide bonds. The number of aldehydes is 1. The average Bonchev–Trinajstić information content (AvgIpc) is 3.27. The van der Waals surface area contributed by atoms with Crippen LogP contribution in [0.2, 0.25) is 0 Å². The zero-order chi connectivity index (χ0) is 21.8. The van der Waals surface area contributed by atoms with Gasteiger partial charge in [-0.15, -0.1) is 0 Å². The highest BCUT2D eigenvalue weighted by atomic mass is 19.1. The number of ketones is 1. The third-order valence-electron chi connectivity index (χ3n) is 6.98. The van der Waals surface area contributed by atoms with Gasteiger partial charge in [0.15, 0.2) is 12.1 Å². The Morgan fingerprint density at radius 1 is 1.13 bits per heavy atom. The Labute approximate surface area is 182 Å². The third kappa shape index (κ3) is 3.51. The lowest BCUT2D eigenvalue weighted by Crippen LogP contribution is -2.28. The largest absolute Gasteiger partial charge is 0.382 e. The molecule has 5 nitrogen and oxygen atoms in total. The second-order valence-electron chi connectivity index (χ2n) is 10.0. The second-order valence-corrected chi connectivity index (χ2v) is 10.0. The number of anilines is 1. The van der Waals surface area contributed by atoms with Gasteiger partial charge in [0, 0.05) is 35.0 Å². The van der Waals surface area contributed by atoms with E-state index in [4.69, 9.17) is 4.74 Å². The van der Waals surface area contributed by atoms with Gasteiger partial charge in [-0.3, -0.25) is 9.59 Å². The minimum atomic E-state index is -0.540. The number of fused-ring (bicyclic) bond motifs is 3. The van der Waals surface area contributed by atoms with Crippen LogP contribution < -0.4 is 5.32 Å². The van der Waals surface area contributed by atoms with E-state index >= 15 is 4.39 Å². The van der Waals surface area contributed by atoms with Crippen molar-refractivity contribution in [2.24, 2.45) is 5.41 Å². The van der Waals surface area contributed by atoms with E-state index in [1.165, 1.54) is 12.5 Å². The zero-order valence-corrected chi connectivity index (χ0v) is 18.2. The van der Waals surface area contributed by atoms with Crippen molar-refractivity contribution in [1.82, 2.24) is 4.57 Å². The van der Waals surface area contributed by atoms with Crippen LogP contribution in [0.1, 0.15) is 90.0 Å². The molecule has 2 heterocycles. The van der Waals surface area contributed by atoms with Crippen molar-refractivity contribution in [3.63, 3.8) is 0 Å². The maximum Gasteiger partial charge on any atom is 0.165 e. The molecular weight excluding hydrogens is 395 g/mol. The fourth-order valence-electron chi connectivity index (χ4n) is 5.57. The average molecular weight is 425 g/mol. The summed E-state index contributed by atoms with van der Waals surface area (Å²) in [5, 5.41) is 3.43. The minimum Gasteiger partial charge on any atom is -0.382 e. The Bertz CT molecular complexity index is 1060. The molecule has 3 aliphatic rings. The molecular formula is C25H29FN2O3. The molecule has 0 spiro atoms. The first-order valence-corrected chi connectivity index (χ1v) is 11.3. The summed E-state index contributed by atoms with van der Waals surface area (Å²) in [5.41, 5.74) is 4.67. The quantitative estimate of drug-likeness (QED) is 0.672. The molecule has 0 unspecified atom stereocenters. The number of benzene rings is 1. The molecule has 0 bridgehead atoms. The maximum absolute atomic E-state index is 15.1. The van der Waals surface area contributed by atoms with Crippen molar-refractivity contribution in [1.29, 1.82) is 0 Å². The Balaban J connectivity index is 1.65. The summed E-state index contributed by atoms with van der Waals surface area (Å²) in [6.45, 7) is 5.01. The summed E-state index contributed by atoms with van der Waals surface area (Å²) in [6, 6.07) is 3.53. The number of hydrogen-bond acceptors (Lipinski definition) is 4. The highest BCUT2D eigenvalue weighted by molar-refractivity contribution is 6.01. The van der Waals surface area contributed by atoms with Crippen LogP contribution in [0.3, 0.4) is 0 Å². The van der Waals surface area contributed by atoms with Crippen molar-refractivity contribution < 1.29 is 18.7 Å². The van der Waals surface area contributed by atoms with Crippen LogP contribution in [0.5, 0.6) is 0 Å². The van der Waals surface area contributed by atoms with Crippen LogP contribution in [-0.2, 0) is 24.4 Å². The van der Waals surface area contributed by atoms with Crippen molar-refractivity contribution in [3.8, 4) is 5.69 Å². The van der Waals surface area contributed by atoms with Gasteiger partial charge in [0.25, 0.3) is 0 Å². The predicted molar refractivity (Wildman–Crippen MR) is 117 cm³/mol. The molecule has 31 heavy (non-hydrogen) atoms. The van der Waals surface area contributed by atoms with Gasteiger partial charge in [-0.25, -0.2) is 4.39 Å². The summed E-state index contributed by atoms with van der Waals surface area (Å²) in [5.74, 6) is -0.403. The summed E-state index contributed by atoms with van der Waals surface area (Å²) in [4.78, 5) is 24.7. The van der Waals surface area contributed by atoms with Gasteiger partial charge in [0.2, 0.25) is 0 Å². The molecule has 0 saturated heterocycles. The van der Waals surface area contributed by atoms with Crippen molar-refractivity contribution >= 4 is 17.8 Å². The number of nitrogens with one attached hydrogen (secondary N) is 1. The Kier molecular flexibility index (Phi) is 5.00. The van der Waals surface area contributed by atoms with E-state index in [0.717, 1.165) is 54.6 Å². The molecule has 1 aliphatic heterocycles. The Morgan fingerprint density at radius 2 is 1.90 bits per heavy atom. The first-order valence-electron chi connectivity index (χ1n) is 11.3. The molecule has 1 saturated carbocycles. The van der Waals surface area contributed by atoms with Crippen LogP contribution in [-0.4, -0.2) is 22.7 Å². The highest BCUT2D eigenvalue weighted by Gasteiger charge is 2.39. The van der Waals surface area contributed by atoms with Crippen molar-refractivity contribution in [2.45, 2.75) is 78.0 Å². The summed E-state index contributed by atoms with van der Waals surface area (Å²) in [6.07, 6.45) is 7.39. The molecule has 5 rings (SSSR count).